The van der Waals surface area contributed by atoms with Gasteiger partial charge in [0.05, 0.1) is 34.5 Å². The molecule has 0 aromatic heterocycles. The van der Waals surface area contributed by atoms with Gasteiger partial charge in [0.2, 0.25) is 0 Å². The third kappa shape index (κ3) is 25.3. The van der Waals surface area contributed by atoms with Gasteiger partial charge in [-0.1, -0.05) is 330 Å². The minimum Gasteiger partial charge on any atom is -0.306 e. The summed E-state index contributed by atoms with van der Waals surface area (Å²) in [7, 11) is 2.22. The Labute approximate surface area is 776 Å². The van der Waals surface area contributed by atoms with Gasteiger partial charge in [0.25, 0.3) is 0 Å². The molecule has 9 nitrogen and oxygen atoms in total. The molecule has 0 bridgehead atoms. The number of hydrogen-bond acceptors (Lipinski definition) is 9. The summed E-state index contributed by atoms with van der Waals surface area (Å²) in [5, 5.41) is 29.6. The second-order valence-electron chi connectivity index (χ2n) is 49.0. The van der Waals surface area contributed by atoms with Gasteiger partial charge in [-0.2, -0.15) is 15.8 Å². The van der Waals surface area contributed by atoms with Crippen LogP contribution in [0, 0.1) is 34.0 Å². The minimum atomic E-state index is -0.272. The molecule has 6 heterocycles. The predicted octanol–water partition coefficient (Wildman–Crippen LogP) is 27.3. The van der Waals surface area contributed by atoms with Crippen LogP contribution < -0.4 is 0 Å². The Morgan fingerprint density at radius 3 is 0.535 bits per heavy atom. The average Bonchev–Trinajstić information content (AvgIpc) is 1.77. The van der Waals surface area contributed by atoms with Gasteiger partial charge >= 0.3 is 0 Å². The molecule has 127 heavy (non-hydrogen) atoms. The largest absolute Gasteiger partial charge is 0.306 e. The summed E-state index contributed by atoms with van der Waals surface area (Å²) in [4.78, 5) is 15.8. The van der Waals surface area contributed by atoms with Crippen molar-refractivity contribution in [1.82, 2.24) is 29.4 Å². The molecule has 0 spiro atoms. The first kappa shape index (κ1) is 99.6. The number of nitriles is 3. The van der Waals surface area contributed by atoms with Gasteiger partial charge < -0.3 is 29.4 Å². The molecule has 11 aliphatic rings. The SMILES string of the molecule is CC(C)(C)c1ccc(C2(C#N)CCN(C3CC3)CC2)cc1.CC(C)(C)c1ccc(C2(C#N)CCN(C3CCC3)CC2)cc1.CC(C)(C)c1ccc(C2(C#N)CCN(C3CCCC3)CC2)cc1.CC(C)(C)c1ccc(C2(C)CCN(C3CCC3)CC2)cc1.CC(C)(C)c1ccc(C2(C)CCN(C3CCCC3)CC2)cc1.CN1CCC(C)(c2ccc(C(C)(C)C)cc2)CC1. The molecule has 692 valence electrons. The van der Waals surface area contributed by atoms with E-state index >= 15 is 0 Å². The van der Waals surface area contributed by atoms with Crippen LogP contribution in [0.3, 0.4) is 0 Å². The predicted molar refractivity (Wildman–Crippen MR) is 538 cm³/mol. The quantitative estimate of drug-likeness (QED) is 0.126. The number of likely N-dealkylation sites (tertiary alicyclic amines) is 6. The van der Waals surface area contributed by atoms with E-state index in [0.29, 0.717) is 16.2 Å². The molecule has 17 rings (SSSR count). The zero-order chi connectivity index (χ0) is 91.7. The van der Waals surface area contributed by atoms with Crippen molar-refractivity contribution < 1.29 is 0 Å². The second kappa shape index (κ2) is 41.4. The molecule has 0 atom stereocenters. The molecule has 6 aromatic rings. The number of nitrogens with zero attached hydrogens (tertiary/aromatic N) is 9. The van der Waals surface area contributed by atoms with Crippen LogP contribution >= 0.6 is 0 Å². The van der Waals surface area contributed by atoms with E-state index in [1.54, 1.807) is 11.1 Å². The first-order chi connectivity index (χ1) is 59.9. The molecule has 9 heteroatoms. The van der Waals surface area contributed by atoms with Gasteiger partial charge in [-0.15, -0.1) is 0 Å². The third-order valence-electron chi connectivity index (χ3n) is 33.7. The fraction of sp³-hybridized carbons (Fsp3) is 0.669. The fourth-order valence-electron chi connectivity index (χ4n) is 22.4. The molecule has 0 radical (unpaired) electrons. The summed E-state index contributed by atoms with van der Waals surface area (Å²) in [6.45, 7) is 62.2. The lowest BCUT2D eigenvalue weighted by atomic mass is 9.72. The van der Waals surface area contributed by atoms with E-state index < -0.39 is 0 Å². The topological polar surface area (TPSA) is 90.8 Å². The minimum absolute atomic E-state index is 0.171. The molecule has 0 amide bonds. The summed E-state index contributed by atoms with van der Waals surface area (Å²) in [5.74, 6) is 0. The molecular weight excluding hydrogens is 1540 g/mol. The average molecular weight is 1720 g/mol. The van der Waals surface area contributed by atoms with E-state index in [4.69, 9.17) is 0 Å². The van der Waals surface area contributed by atoms with Crippen LogP contribution in [-0.2, 0) is 65.0 Å². The van der Waals surface area contributed by atoms with Crippen LogP contribution in [0.25, 0.3) is 0 Å². The third-order valence-corrected chi connectivity index (χ3v) is 33.7. The molecule has 6 aliphatic heterocycles. The normalized spacial score (nSPS) is 22.9. The van der Waals surface area contributed by atoms with Crippen molar-refractivity contribution in [3.05, 3.63) is 212 Å². The standard InChI is InChI=1S/C21H30N2.C21H33N.C20H28N2.C20H31N.C19H26N2.C17H27N/c1-20(2,3)17-8-10-18(11-9-17)21(16-22)12-14-23(15-13-21)19-6-4-5-7-19;1-20(2,3)17-9-11-18(12-10-17)21(4)13-15-22(16-14-21)19-7-5-6-8-19;1-19(2,3)16-7-9-17(10-8-16)20(15-21)11-13-22(14-12-20)18-5-4-6-18;1-19(2,3)16-8-10-17(11-9-16)20(4)12-14-21(15-13-20)18-6-5-7-18;1-18(2,3)15-4-6-16(7-5-15)19(14-20)10-12-21(13-11-19)17-8-9-17;1-16(2,3)14-6-8-15(9-7-14)17(4)10-12-18(5)13-11-17/h8-11,19H,4-7,12-15H2,1-3H3;9-12,19H,5-8,13-16H2,1-4H3;7-10,18H,4-6,11-14H2,1-3H3;8-11,18H,5-7,12-15H2,1-4H3;4-7,17H,8-13H2,1-3H3;6-9H,10-13H2,1-5H3. The number of piperidine rings is 6. The smallest absolute Gasteiger partial charge is 0.0846 e. The Balaban J connectivity index is 0.000000139. The van der Waals surface area contributed by atoms with Gasteiger partial charge in [-0.05, 0) is 303 Å². The van der Waals surface area contributed by atoms with Crippen molar-refractivity contribution in [2.24, 2.45) is 0 Å². The Bertz CT molecular complexity index is 4490. The summed E-state index contributed by atoms with van der Waals surface area (Å²) in [6.07, 6.45) is 36.2. The van der Waals surface area contributed by atoms with E-state index in [2.05, 4.69) is 346 Å². The van der Waals surface area contributed by atoms with Crippen LogP contribution in [0.1, 0.15) is 392 Å². The molecule has 5 saturated carbocycles. The first-order valence-electron chi connectivity index (χ1n) is 51.2. The molecule has 11 fully saturated rings. The highest BCUT2D eigenvalue weighted by Gasteiger charge is 2.45. The Hall–Kier alpha value is -6.45. The van der Waals surface area contributed by atoms with Crippen LogP contribution in [-0.4, -0.2) is 145 Å². The van der Waals surface area contributed by atoms with Crippen molar-refractivity contribution in [3.63, 3.8) is 0 Å². The zero-order valence-corrected chi connectivity index (χ0v) is 84.6. The van der Waals surface area contributed by atoms with Crippen molar-refractivity contribution in [2.75, 3.05) is 85.6 Å². The van der Waals surface area contributed by atoms with Gasteiger partial charge in [0.15, 0.2) is 0 Å². The van der Waals surface area contributed by atoms with Crippen LogP contribution in [0.5, 0.6) is 0 Å². The van der Waals surface area contributed by atoms with Gasteiger partial charge in [0.1, 0.15) is 0 Å². The maximum Gasteiger partial charge on any atom is 0.0846 e. The maximum atomic E-state index is 9.91. The fourth-order valence-corrected chi connectivity index (χ4v) is 22.4. The Morgan fingerprint density at radius 1 is 0.220 bits per heavy atom. The van der Waals surface area contributed by atoms with Crippen molar-refractivity contribution in [3.8, 4) is 18.2 Å². The van der Waals surface area contributed by atoms with E-state index in [9.17, 15) is 15.8 Å². The summed E-state index contributed by atoms with van der Waals surface area (Å²) in [6, 6.07) is 67.0. The number of benzene rings is 6. The van der Waals surface area contributed by atoms with Gasteiger partial charge in [-0.3, -0.25) is 0 Å². The first-order valence-corrected chi connectivity index (χ1v) is 51.2. The molecule has 0 unspecified atom stereocenters. The highest BCUT2D eigenvalue weighted by molar-refractivity contribution is 5.42. The lowest BCUT2D eigenvalue weighted by molar-refractivity contribution is 0.0773. The molecule has 0 N–H and O–H groups in total. The summed E-state index contributed by atoms with van der Waals surface area (Å²) in [5.41, 5.74) is 18.3. The lowest BCUT2D eigenvalue weighted by Gasteiger charge is -2.45. The lowest BCUT2D eigenvalue weighted by Crippen LogP contribution is -2.48. The van der Waals surface area contributed by atoms with Crippen molar-refractivity contribution >= 4 is 0 Å². The van der Waals surface area contributed by atoms with Gasteiger partial charge in [0, 0.05) is 69.5 Å². The second-order valence-corrected chi connectivity index (χ2v) is 49.0. The monoisotopic (exact) mass is 1720 g/mol. The van der Waals surface area contributed by atoms with Crippen LogP contribution in [0.2, 0.25) is 0 Å². The summed E-state index contributed by atoms with van der Waals surface area (Å²) >= 11 is 0. The van der Waals surface area contributed by atoms with E-state index in [1.165, 1.54) is 236 Å². The van der Waals surface area contributed by atoms with Crippen molar-refractivity contribution in [2.45, 2.75) is 420 Å². The Kier molecular flexibility index (Phi) is 32.4. The summed E-state index contributed by atoms with van der Waals surface area (Å²) < 4.78 is 0. The van der Waals surface area contributed by atoms with Crippen LogP contribution in [0.15, 0.2) is 146 Å². The zero-order valence-electron chi connectivity index (χ0n) is 84.6. The highest BCUT2D eigenvalue weighted by atomic mass is 15.2. The van der Waals surface area contributed by atoms with E-state index in [0.717, 1.165) is 108 Å². The molecule has 6 aromatic carbocycles. The highest BCUT2D eigenvalue weighted by Crippen LogP contribution is 2.46. The Morgan fingerprint density at radius 2 is 0.378 bits per heavy atom. The van der Waals surface area contributed by atoms with Crippen molar-refractivity contribution in [1.29, 1.82) is 15.8 Å². The number of hydrogen-bond donors (Lipinski definition) is 0. The molecular formula is C118H175N9. The van der Waals surface area contributed by atoms with Crippen LogP contribution in [0.4, 0.5) is 0 Å². The maximum absolute atomic E-state index is 9.91. The molecule has 6 saturated heterocycles. The van der Waals surface area contributed by atoms with E-state index in [1.807, 2.05) is 0 Å². The van der Waals surface area contributed by atoms with Gasteiger partial charge in [-0.25, -0.2) is 0 Å². The molecule has 5 aliphatic carbocycles. The number of rotatable bonds is 11. The van der Waals surface area contributed by atoms with E-state index in [-0.39, 0.29) is 48.7 Å².